The summed E-state index contributed by atoms with van der Waals surface area (Å²) in [7, 11) is 0. The van der Waals surface area contributed by atoms with Crippen LogP contribution in [-0.4, -0.2) is 19.1 Å². The number of amides is 1. The van der Waals surface area contributed by atoms with Gasteiger partial charge >= 0.3 is 0 Å². The maximum absolute atomic E-state index is 11.9. The summed E-state index contributed by atoms with van der Waals surface area (Å²) in [4.78, 5) is 11.9. The van der Waals surface area contributed by atoms with E-state index in [1.165, 1.54) is 18.4 Å². The first-order chi connectivity index (χ1) is 9.73. The molecule has 1 amide bonds. The number of ether oxygens (including phenoxy) is 1. The van der Waals surface area contributed by atoms with E-state index in [9.17, 15) is 4.79 Å². The second-order valence-corrected chi connectivity index (χ2v) is 6.16. The topological polar surface area (TPSA) is 38.3 Å². The van der Waals surface area contributed by atoms with E-state index >= 15 is 0 Å². The number of hydrogen-bond acceptors (Lipinski definition) is 2. The fraction of sp³-hybridized carbons (Fsp3) is 0.588. The number of hydrogen-bond donors (Lipinski definition) is 1. The van der Waals surface area contributed by atoms with E-state index in [1.54, 1.807) is 0 Å². The molecule has 0 unspecified atom stereocenters. The Morgan fingerprint density at radius 2 is 2.30 bits per heavy atom. The molecule has 108 valence electrons. The highest BCUT2D eigenvalue weighted by atomic mass is 16.5. The van der Waals surface area contributed by atoms with Gasteiger partial charge in [0.25, 0.3) is 0 Å². The van der Waals surface area contributed by atoms with Crippen molar-refractivity contribution < 1.29 is 9.53 Å². The van der Waals surface area contributed by atoms with E-state index in [2.05, 4.69) is 24.4 Å². The van der Waals surface area contributed by atoms with E-state index in [-0.39, 0.29) is 5.91 Å². The van der Waals surface area contributed by atoms with Crippen molar-refractivity contribution in [2.24, 2.45) is 11.3 Å². The summed E-state index contributed by atoms with van der Waals surface area (Å²) in [6, 6.07) is 8.16. The first-order valence-corrected chi connectivity index (χ1v) is 7.73. The summed E-state index contributed by atoms with van der Waals surface area (Å²) >= 11 is 0. The maximum Gasteiger partial charge on any atom is 0.223 e. The van der Waals surface area contributed by atoms with Gasteiger partial charge in [-0.25, -0.2) is 0 Å². The Balaban J connectivity index is 1.42. The molecule has 1 aromatic carbocycles. The lowest BCUT2D eigenvalue weighted by Crippen LogP contribution is -2.27. The van der Waals surface area contributed by atoms with Crippen LogP contribution < -0.4 is 10.1 Å². The van der Waals surface area contributed by atoms with Crippen molar-refractivity contribution in [2.75, 3.05) is 13.2 Å². The molecule has 0 bridgehead atoms. The zero-order valence-corrected chi connectivity index (χ0v) is 12.2. The van der Waals surface area contributed by atoms with Gasteiger partial charge in [-0.1, -0.05) is 19.1 Å². The maximum atomic E-state index is 11.9. The second-order valence-electron chi connectivity index (χ2n) is 6.16. The molecule has 1 aromatic rings. The monoisotopic (exact) mass is 273 g/mol. The summed E-state index contributed by atoms with van der Waals surface area (Å²) in [6.07, 6.45) is 5.54. The molecule has 2 saturated carbocycles. The van der Waals surface area contributed by atoms with Crippen LogP contribution >= 0.6 is 0 Å². The smallest absolute Gasteiger partial charge is 0.223 e. The van der Waals surface area contributed by atoms with Crippen molar-refractivity contribution in [3.8, 4) is 5.75 Å². The van der Waals surface area contributed by atoms with Crippen LogP contribution in [0.1, 0.15) is 38.2 Å². The van der Waals surface area contributed by atoms with E-state index in [0.717, 1.165) is 38.2 Å². The Kier molecular flexibility index (Phi) is 3.68. The van der Waals surface area contributed by atoms with Crippen molar-refractivity contribution in [1.82, 2.24) is 5.32 Å². The molecule has 3 heteroatoms. The summed E-state index contributed by atoms with van der Waals surface area (Å²) in [5, 5.41) is 3.07. The first-order valence-electron chi connectivity index (χ1n) is 7.73. The molecule has 1 atom stereocenters. The van der Waals surface area contributed by atoms with Gasteiger partial charge in [-0.2, -0.15) is 0 Å². The van der Waals surface area contributed by atoms with Crippen molar-refractivity contribution in [1.29, 1.82) is 0 Å². The van der Waals surface area contributed by atoms with Crippen LogP contribution in [0.25, 0.3) is 0 Å². The Bertz CT molecular complexity index is 494. The van der Waals surface area contributed by atoms with Crippen LogP contribution in [0.15, 0.2) is 24.3 Å². The molecular weight excluding hydrogens is 250 g/mol. The van der Waals surface area contributed by atoms with Gasteiger partial charge in [0, 0.05) is 12.5 Å². The average molecular weight is 273 g/mol. The minimum Gasteiger partial charge on any atom is -0.494 e. The Labute approximate surface area is 120 Å². The fourth-order valence-electron chi connectivity index (χ4n) is 2.90. The lowest BCUT2D eigenvalue weighted by molar-refractivity contribution is -0.122. The number of nitrogens with one attached hydrogen (secondary N) is 1. The fourth-order valence-corrected chi connectivity index (χ4v) is 2.90. The first kappa shape index (κ1) is 13.5. The lowest BCUT2D eigenvalue weighted by atomic mass is 10.1. The van der Waals surface area contributed by atoms with Crippen molar-refractivity contribution in [3.63, 3.8) is 0 Å². The SMILES string of the molecule is CCCOc1cccc(CCNC(=O)[C@@H]2CC23CC3)c1. The highest BCUT2D eigenvalue weighted by Crippen LogP contribution is 2.70. The van der Waals surface area contributed by atoms with Gasteiger partial charge in [0.2, 0.25) is 5.91 Å². The van der Waals surface area contributed by atoms with Gasteiger partial charge < -0.3 is 10.1 Å². The molecule has 0 saturated heterocycles. The van der Waals surface area contributed by atoms with Crippen molar-refractivity contribution in [3.05, 3.63) is 29.8 Å². The third-order valence-electron chi connectivity index (χ3n) is 4.48. The Hall–Kier alpha value is -1.51. The molecule has 1 N–H and O–H groups in total. The van der Waals surface area contributed by atoms with Crippen molar-refractivity contribution >= 4 is 5.91 Å². The molecule has 20 heavy (non-hydrogen) atoms. The summed E-state index contributed by atoms with van der Waals surface area (Å²) in [6.45, 7) is 3.58. The van der Waals surface area contributed by atoms with Gasteiger partial charge in [0.15, 0.2) is 0 Å². The zero-order chi connectivity index (χ0) is 14.0. The third-order valence-corrected chi connectivity index (χ3v) is 4.48. The minimum atomic E-state index is 0.265. The molecule has 0 radical (unpaired) electrons. The predicted octanol–water partition coefficient (Wildman–Crippen LogP) is 2.93. The summed E-state index contributed by atoms with van der Waals surface area (Å²) in [5.74, 6) is 1.51. The second kappa shape index (κ2) is 5.47. The Morgan fingerprint density at radius 3 is 3.00 bits per heavy atom. The number of carbonyl (C=O) groups excluding carboxylic acids is 1. The van der Waals surface area contributed by atoms with Gasteiger partial charge in [-0.3, -0.25) is 4.79 Å². The minimum absolute atomic E-state index is 0.265. The molecule has 2 aliphatic carbocycles. The standard InChI is InChI=1S/C17H23NO2/c1-2-10-20-14-5-3-4-13(11-14)6-9-18-16(19)15-12-17(15)7-8-17/h3-5,11,15H,2,6-10,12H2,1H3,(H,18,19)/t15-/m0/s1. The van der Waals surface area contributed by atoms with Crippen LogP contribution in [0.4, 0.5) is 0 Å². The van der Waals surface area contributed by atoms with Crippen LogP contribution in [0.3, 0.4) is 0 Å². The molecule has 0 aromatic heterocycles. The van der Waals surface area contributed by atoms with Crippen LogP contribution in [0.5, 0.6) is 5.75 Å². The van der Waals surface area contributed by atoms with Crippen molar-refractivity contribution in [2.45, 2.75) is 39.0 Å². The normalized spacial score (nSPS) is 21.6. The molecular formula is C17H23NO2. The molecule has 3 nitrogen and oxygen atoms in total. The number of benzene rings is 1. The highest BCUT2D eigenvalue weighted by molar-refractivity contribution is 5.83. The van der Waals surface area contributed by atoms with Crippen LogP contribution in [0.2, 0.25) is 0 Å². The van der Waals surface area contributed by atoms with E-state index < -0.39 is 0 Å². The predicted molar refractivity (Wildman–Crippen MR) is 78.7 cm³/mol. The number of carbonyl (C=O) groups is 1. The van der Waals surface area contributed by atoms with Gasteiger partial charge in [0.05, 0.1) is 6.61 Å². The van der Waals surface area contributed by atoms with Crippen LogP contribution in [0, 0.1) is 11.3 Å². The van der Waals surface area contributed by atoms with Crippen LogP contribution in [-0.2, 0) is 11.2 Å². The highest BCUT2D eigenvalue weighted by Gasteiger charge is 2.65. The molecule has 3 rings (SSSR count). The molecule has 1 spiro atoms. The van der Waals surface area contributed by atoms with Gasteiger partial charge in [0.1, 0.15) is 5.75 Å². The zero-order valence-electron chi connectivity index (χ0n) is 12.2. The van der Waals surface area contributed by atoms with Gasteiger partial charge in [-0.15, -0.1) is 0 Å². The molecule has 2 fully saturated rings. The van der Waals surface area contributed by atoms with E-state index in [4.69, 9.17) is 4.74 Å². The van der Waals surface area contributed by atoms with Gasteiger partial charge in [-0.05, 0) is 55.2 Å². The largest absolute Gasteiger partial charge is 0.494 e. The molecule has 0 heterocycles. The molecule has 0 aliphatic heterocycles. The lowest BCUT2D eigenvalue weighted by Gasteiger charge is -2.08. The average Bonchev–Trinajstić information content (AvgIpc) is 3.37. The third kappa shape index (κ3) is 2.97. The van der Waals surface area contributed by atoms with E-state index in [1.807, 2.05) is 12.1 Å². The van der Waals surface area contributed by atoms with E-state index in [0.29, 0.717) is 11.3 Å². The number of rotatable bonds is 7. The molecule has 2 aliphatic rings. The Morgan fingerprint density at radius 1 is 1.45 bits per heavy atom. The quantitative estimate of drug-likeness (QED) is 0.829. The summed E-state index contributed by atoms with van der Waals surface area (Å²) < 4.78 is 5.62. The summed E-state index contributed by atoms with van der Waals surface area (Å²) in [5.41, 5.74) is 1.67.